The van der Waals surface area contributed by atoms with E-state index in [0.29, 0.717) is 32.6 Å². The van der Waals surface area contributed by atoms with Crippen molar-refractivity contribution in [2.45, 2.75) is 39.5 Å². The highest BCUT2D eigenvalue weighted by Gasteiger charge is 2.10. The van der Waals surface area contributed by atoms with Gasteiger partial charge in [-0.1, -0.05) is 19.8 Å². The van der Waals surface area contributed by atoms with Gasteiger partial charge in [0.15, 0.2) is 0 Å². The average molecular weight is 261 g/mol. The molecular formula is C12H27N3O3. The predicted octanol–water partition coefficient (Wildman–Crippen LogP) is 0.404. The van der Waals surface area contributed by atoms with Gasteiger partial charge in [0, 0.05) is 39.5 Å². The molecular weight excluding hydrogens is 234 g/mol. The van der Waals surface area contributed by atoms with Gasteiger partial charge in [-0.15, -0.1) is 0 Å². The highest BCUT2D eigenvalue weighted by molar-refractivity contribution is 5.76. The van der Waals surface area contributed by atoms with Crippen LogP contribution in [0.25, 0.3) is 0 Å². The fourth-order valence-electron chi connectivity index (χ4n) is 1.36. The highest BCUT2D eigenvalue weighted by Crippen LogP contribution is 2.02. The van der Waals surface area contributed by atoms with Crippen LogP contribution in [0.2, 0.25) is 0 Å². The Morgan fingerprint density at radius 3 is 1.89 bits per heavy atom. The molecule has 0 aromatic carbocycles. The summed E-state index contributed by atoms with van der Waals surface area (Å²) in [4.78, 5) is 22.4. The molecule has 0 fully saturated rings. The molecule has 0 unspecified atom stereocenters. The van der Waals surface area contributed by atoms with E-state index in [-0.39, 0.29) is 5.91 Å². The first kappa shape index (κ1) is 19.2. The summed E-state index contributed by atoms with van der Waals surface area (Å²) >= 11 is 0. The van der Waals surface area contributed by atoms with E-state index in [9.17, 15) is 4.79 Å². The van der Waals surface area contributed by atoms with Gasteiger partial charge in [0.1, 0.15) is 0 Å². The van der Waals surface area contributed by atoms with Crippen molar-refractivity contribution in [3.05, 3.63) is 0 Å². The van der Waals surface area contributed by atoms with E-state index in [1.807, 2.05) is 0 Å². The van der Waals surface area contributed by atoms with Gasteiger partial charge in [0.25, 0.3) is 5.97 Å². The standard InChI is InChI=1S/C10H23N3O.C2H4O2/c1-2-3-4-5-10(14)13(8-6-11)9-7-12;1-2(3)4/h2-9,11-12H2,1H3;1H3,(H,3,4). The van der Waals surface area contributed by atoms with Crippen molar-refractivity contribution in [1.29, 1.82) is 0 Å². The lowest BCUT2D eigenvalue weighted by atomic mass is 10.2. The Labute approximate surface area is 109 Å². The van der Waals surface area contributed by atoms with Gasteiger partial charge >= 0.3 is 0 Å². The van der Waals surface area contributed by atoms with E-state index in [0.717, 1.165) is 26.2 Å². The molecule has 18 heavy (non-hydrogen) atoms. The summed E-state index contributed by atoms with van der Waals surface area (Å²) in [7, 11) is 0. The largest absolute Gasteiger partial charge is 0.481 e. The number of hydrogen-bond acceptors (Lipinski definition) is 4. The van der Waals surface area contributed by atoms with Crippen LogP contribution in [0.5, 0.6) is 0 Å². The molecule has 0 saturated carbocycles. The number of carbonyl (C=O) groups is 2. The third-order valence-corrected chi connectivity index (χ3v) is 2.14. The van der Waals surface area contributed by atoms with Crippen molar-refractivity contribution >= 4 is 11.9 Å². The fraction of sp³-hybridized carbons (Fsp3) is 0.833. The van der Waals surface area contributed by atoms with Crippen LogP contribution < -0.4 is 11.5 Å². The van der Waals surface area contributed by atoms with Crippen LogP contribution in [-0.2, 0) is 9.59 Å². The normalized spacial score (nSPS) is 9.33. The Kier molecular flexibility index (Phi) is 14.9. The highest BCUT2D eigenvalue weighted by atomic mass is 16.4. The summed E-state index contributed by atoms with van der Waals surface area (Å²) in [5.74, 6) is -0.644. The minimum atomic E-state index is -0.833. The number of carbonyl (C=O) groups excluding carboxylic acids is 1. The Balaban J connectivity index is 0. The molecule has 0 radical (unpaired) electrons. The number of unbranched alkanes of at least 4 members (excludes halogenated alkanes) is 2. The molecule has 5 N–H and O–H groups in total. The molecule has 1 amide bonds. The molecule has 0 aliphatic rings. The number of rotatable bonds is 8. The van der Waals surface area contributed by atoms with Gasteiger partial charge in [-0.05, 0) is 6.42 Å². The van der Waals surface area contributed by atoms with E-state index in [1.54, 1.807) is 4.90 Å². The number of hydrogen-bond donors (Lipinski definition) is 3. The summed E-state index contributed by atoms with van der Waals surface area (Å²) in [6, 6.07) is 0. The van der Waals surface area contributed by atoms with Gasteiger partial charge < -0.3 is 21.5 Å². The SMILES string of the molecule is CC(=O)O.CCCCCC(=O)N(CCN)CCN. The summed E-state index contributed by atoms with van der Waals surface area (Å²) in [5.41, 5.74) is 10.8. The summed E-state index contributed by atoms with van der Waals surface area (Å²) in [6.07, 6.45) is 3.86. The van der Waals surface area contributed by atoms with Crippen molar-refractivity contribution in [2.24, 2.45) is 11.5 Å². The van der Waals surface area contributed by atoms with Crippen LogP contribution in [0.15, 0.2) is 0 Å². The summed E-state index contributed by atoms with van der Waals surface area (Å²) in [6.45, 7) is 5.49. The average Bonchev–Trinajstić information content (AvgIpc) is 2.28. The number of carboxylic acid groups (broad SMARTS) is 1. The molecule has 6 heteroatoms. The minimum Gasteiger partial charge on any atom is -0.481 e. The van der Waals surface area contributed by atoms with Gasteiger partial charge in [-0.3, -0.25) is 9.59 Å². The zero-order valence-corrected chi connectivity index (χ0v) is 11.5. The second-order valence-corrected chi connectivity index (χ2v) is 3.93. The first-order chi connectivity index (χ1) is 8.49. The van der Waals surface area contributed by atoms with E-state index >= 15 is 0 Å². The van der Waals surface area contributed by atoms with Crippen molar-refractivity contribution in [3.63, 3.8) is 0 Å². The third-order valence-electron chi connectivity index (χ3n) is 2.14. The van der Waals surface area contributed by atoms with Crippen LogP contribution >= 0.6 is 0 Å². The van der Waals surface area contributed by atoms with Crippen molar-refractivity contribution in [2.75, 3.05) is 26.2 Å². The second-order valence-electron chi connectivity index (χ2n) is 3.93. The van der Waals surface area contributed by atoms with Crippen molar-refractivity contribution < 1.29 is 14.7 Å². The Hall–Kier alpha value is -1.14. The lowest BCUT2D eigenvalue weighted by molar-refractivity contribution is -0.134. The minimum absolute atomic E-state index is 0.189. The third kappa shape index (κ3) is 14.9. The van der Waals surface area contributed by atoms with Gasteiger partial charge in [-0.25, -0.2) is 0 Å². The number of carboxylic acids is 1. The number of nitrogens with zero attached hydrogens (tertiary/aromatic N) is 1. The van der Waals surface area contributed by atoms with Crippen molar-refractivity contribution in [1.82, 2.24) is 4.90 Å². The van der Waals surface area contributed by atoms with Crippen LogP contribution in [0.3, 0.4) is 0 Å². The Morgan fingerprint density at radius 1 is 1.11 bits per heavy atom. The van der Waals surface area contributed by atoms with Crippen LogP contribution in [0, 0.1) is 0 Å². The zero-order chi connectivity index (χ0) is 14.4. The first-order valence-electron chi connectivity index (χ1n) is 6.37. The molecule has 0 saturated heterocycles. The maximum Gasteiger partial charge on any atom is 0.300 e. The number of nitrogens with two attached hydrogens (primary N) is 2. The molecule has 0 aromatic rings. The zero-order valence-electron chi connectivity index (χ0n) is 11.5. The first-order valence-corrected chi connectivity index (χ1v) is 6.37. The van der Waals surface area contributed by atoms with E-state index in [1.165, 1.54) is 0 Å². The van der Waals surface area contributed by atoms with Crippen molar-refractivity contribution in [3.8, 4) is 0 Å². The Morgan fingerprint density at radius 2 is 1.56 bits per heavy atom. The quantitative estimate of drug-likeness (QED) is 0.548. The monoisotopic (exact) mass is 261 g/mol. The number of amides is 1. The predicted molar refractivity (Wildman–Crippen MR) is 72.1 cm³/mol. The maximum atomic E-state index is 11.6. The molecule has 0 aliphatic heterocycles. The maximum absolute atomic E-state index is 11.6. The molecule has 0 atom stereocenters. The number of aliphatic carboxylic acids is 1. The second kappa shape index (κ2) is 13.9. The molecule has 0 rings (SSSR count). The van der Waals surface area contributed by atoms with Crippen LogP contribution in [-0.4, -0.2) is 48.1 Å². The molecule has 108 valence electrons. The molecule has 0 heterocycles. The van der Waals surface area contributed by atoms with E-state index in [2.05, 4.69) is 6.92 Å². The molecule has 0 spiro atoms. The summed E-state index contributed by atoms with van der Waals surface area (Å²) in [5, 5.41) is 7.42. The van der Waals surface area contributed by atoms with Gasteiger partial charge in [0.2, 0.25) is 5.91 Å². The Bertz CT molecular complexity index is 213. The fourth-order valence-corrected chi connectivity index (χ4v) is 1.36. The van der Waals surface area contributed by atoms with E-state index < -0.39 is 5.97 Å². The summed E-state index contributed by atoms with van der Waals surface area (Å²) < 4.78 is 0. The van der Waals surface area contributed by atoms with E-state index in [4.69, 9.17) is 21.4 Å². The van der Waals surface area contributed by atoms with Gasteiger partial charge in [0.05, 0.1) is 0 Å². The lowest BCUT2D eigenvalue weighted by Crippen LogP contribution is -2.38. The molecule has 6 nitrogen and oxygen atoms in total. The topological polar surface area (TPSA) is 110 Å². The van der Waals surface area contributed by atoms with Crippen LogP contribution in [0.4, 0.5) is 0 Å². The van der Waals surface area contributed by atoms with Gasteiger partial charge in [-0.2, -0.15) is 0 Å². The smallest absolute Gasteiger partial charge is 0.300 e. The molecule has 0 bridgehead atoms. The van der Waals surface area contributed by atoms with Crippen LogP contribution in [0.1, 0.15) is 39.5 Å². The molecule has 0 aromatic heterocycles. The molecule has 0 aliphatic carbocycles. The lowest BCUT2D eigenvalue weighted by Gasteiger charge is -2.21.